The van der Waals surface area contributed by atoms with Crippen molar-refractivity contribution in [1.82, 2.24) is 14.1 Å². The van der Waals surface area contributed by atoms with E-state index in [-0.39, 0.29) is 22.7 Å². The maximum atomic E-state index is 13.7. The third-order valence-corrected chi connectivity index (χ3v) is 7.01. The molecule has 3 aromatic carbocycles. The maximum Gasteiger partial charge on any atom is 0.293 e. The Hall–Kier alpha value is -5.24. The van der Waals surface area contributed by atoms with Crippen molar-refractivity contribution in [2.45, 2.75) is 33.2 Å². The lowest BCUT2D eigenvalue weighted by Crippen LogP contribution is -2.46. The Morgan fingerprint density at radius 2 is 1.52 bits per heavy atom. The van der Waals surface area contributed by atoms with Gasteiger partial charge in [-0.2, -0.15) is 0 Å². The smallest absolute Gasteiger partial charge is 0.293 e. The number of hydrogen-bond acceptors (Lipinski definition) is 5. The molecule has 5 aromatic rings. The highest BCUT2D eigenvalue weighted by molar-refractivity contribution is 6.07. The number of carbonyl (C=O) groups excluding carboxylic acids is 1. The Morgan fingerprint density at radius 1 is 0.857 bits per heavy atom. The molecule has 2 aromatic heterocycles. The van der Waals surface area contributed by atoms with Gasteiger partial charge in [0.2, 0.25) is 0 Å². The predicted molar refractivity (Wildman–Crippen MR) is 168 cm³/mol. The first-order valence-electron chi connectivity index (χ1n) is 13.7. The van der Waals surface area contributed by atoms with Gasteiger partial charge < -0.3 is 19.4 Å². The molecule has 2 heterocycles. The molecule has 0 aliphatic heterocycles. The molecule has 0 saturated heterocycles. The van der Waals surface area contributed by atoms with E-state index in [1.165, 1.54) is 16.7 Å². The van der Waals surface area contributed by atoms with E-state index < -0.39 is 5.54 Å². The van der Waals surface area contributed by atoms with Gasteiger partial charge >= 0.3 is 0 Å². The number of pyridine rings is 1. The van der Waals surface area contributed by atoms with E-state index in [1.54, 1.807) is 25.6 Å². The highest BCUT2D eigenvalue weighted by Gasteiger charge is 2.30. The number of amides is 1. The van der Waals surface area contributed by atoms with Crippen LogP contribution in [-0.4, -0.2) is 25.6 Å². The molecule has 0 saturated carbocycles. The minimum absolute atomic E-state index is 0.0546. The Bertz CT molecular complexity index is 1850. The van der Waals surface area contributed by atoms with Gasteiger partial charge in [-0.15, -0.1) is 0 Å². The first-order chi connectivity index (χ1) is 20.0. The number of carbonyl (C=O) groups is 1. The Balaban J connectivity index is 1.50. The number of nitrogens with one attached hydrogen (secondary N) is 1. The molecule has 0 aliphatic carbocycles. The summed E-state index contributed by atoms with van der Waals surface area (Å²) in [6, 6.07) is 25.5. The zero-order valence-electron chi connectivity index (χ0n) is 24.3. The van der Waals surface area contributed by atoms with Crippen molar-refractivity contribution < 1.29 is 4.79 Å². The van der Waals surface area contributed by atoms with Crippen molar-refractivity contribution in [1.29, 1.82) is 0 Å². The van der Waals surface area contributed by atoms with E-state index in [2.05, 4.69) is 5.32 Å². The highest BCUT2D eigenvalue weighted by Crippen LogP contribution is 2.34. The molecule has 0 spiro atoms. The van der Waals surface area contributed by atoms with Crippen LogP contribution in [-0.2, 0) is 7.05 Å². The molecule has 0 fully saturated rings. The fourth-order valence-electron chi connectivity index (χ4n) is 4.88. The van der Waals surface area contributed by atoms with E-state index in [1.807, 2.05) is 110 Å². The van der Waals surface area contributed by atoms with E-state index in [0.29, 0.717) is 16.9 Å². The number of aromatic nitrogens is 3. The van der Waals surface area contributed by atoms with Gasteiger partial charge in [-0.25, -0.2) is 4.98 Å². The summed E-state index contributed by atoms with van der Waals surface area (Å²) < 4.78 is 3.34. The number of aryl methyl sites for hydroxylation is 1. The molecule has 0 aliphatic rings. The van der Waals surface area contributed by atoms with Crippen LogP contribution in [0.2, 0.25) is 0 Å². The highest BCUT2D eigenvalue weighted by atomic mass is 16.2. The topological polar surface area (TPSA) is 89.2 Å². The molecule has 0 unspecified atom stereocenters. The lowest BCUT2D eigenvalue weighted by molar-refractivity contribution is 0.0965. The lowest BCUT2D eigenvalue weighted by Gasteiger charge is -2.37. The van der Waals surface area contributed by atoms with E-state index in [0.717, 1.165) is 22.5 Å². The molecule has 42 heavy (non-hydrogen) atoms. The number of anilines is 3. The minimum Gasteiger partial charge on any atom is -0.336 e. The van der Waals surface area contributed by atoms with Crippen molar-refractivity contribution in [3.05, 3.63) is 135 Å². The molecule has 8 heteroatoms. The molecule has 8 nitrogen and oxygen atoms in total. The van der Waals surface area contributed by atoms with Gasteiger partial charge in [0.15, 0.2) is 11.2 Å². The van der Waals surface area contributed by atoms with Gasteiger partial charge in [-0.05, 0) is 75.7 Å². The second-order valence-electron chi connectivity index (χ2n) is 11.1. The van der Waals surface area contributed by atoms with Gasteiger partial charge in [-0.1, -0.05) is 30.3 Å². The van der Waals surface area contributed by atoms with E-state index in [4.69, 9.17) is 4.98 Å². The summed E-state index contributed by atoms with van der Waals surface area (Å²) in [5.74, 6) is 0.0914. The maximum absolute atomic E-state index is 13.7. The number of nitrogens with zero attached hydrogens (tertiary/aromatic N) is 4. The van der Waals surface area contributed by atoms with Crippen LogP contribution >= 0.6 is 0 Å². The third-order valence-electron chi connectivity index (χ3n) is 7.01. The molecule has 1 amide bonds. The van der Waals surface area contributed by atoms with Gasteiger partial charge in [-0.3, -0.25) is 14.4 Å². The van der Waals surface area contributed by atoms with E-state index >= 15 is 0 Å². The van der Waals surface area contributed by atoms with Crippen LogP contribution in [0.4, 0.5) is 17.2 Å². The Kier molecular flexibility index (Phi) is 7.63. The van der Waals surface area contributed by atoms with Gasteiger partial charge in [0, 0.05) is 71.5 Å². The van der Waals surface area contributed by atoms with Crippen LogP contribution in [0.25, 0.3) is 16.9 Å². The second-order valence-corrected chi connectivity index (χ2v) is 11.1. The average Bonchev–Trinajstić information content (AvgIpc) is 2.97. The molecule has 0 radical (unpaired) electrons. The number of rotatable bonds is 6. The SMILES string of the molecule is Cc1c(-c2cn(C)c(=O)c(Nc3ccc(-n4ccc(=O)cc4)cc3)n2)cccc1N(C(=O)c1ccccc1)C(C)(C)C. The van der Waals surface area contributed by atoms with Crippen molar-refractivity contribution >= 4 is 23.1 Å². The number of hydrogen-bond donors (Lipinski definition) is 1. The summed E-state index contributed by atoms with van der Waals surface area (Å²) in [5, 5.41) is 3.16. The monoisotopic (exact) mass is 559 g/mol. The van der Waals surface area contributed by atoms with Crippen molar-refractivity contribution in [2.75, 3.05) is 10.2 Å². The van der Waals surface area contributed by atoms with Crippen molar-refractivity contribution in [3.8, 4) is 16.9 Å². The predicted octanol–water partition coefficient (Wildman–Crippen LogP) is 6.10. The summed E-state index contributed by atoms with van der Waals surface area (Å²) in [4.78, 5) is 44.7. The average molecular weight is 560 g/mol. The van der Waals surface area contributed by atoms with Crippen LogP contribution < -0.4 is 21.2 Å². The third kappa shape index (κ3) is 5.78. The summed E-state index contributed by atoms with van der Waals surface area (Å²) in [6.07, 6.45) is 5.12. The summed E-state index contributed by atoms with van der Waals surface area (Å²) in [6.45, 7) is 8.00. The normalized spacial score (nSPS) is 11.3. The molecular formula is C34H33N5O3. The van der Waals surface area contributed by atoms with Crippen molar-refractivity contribution in [3.63, 3.8) is 0 Å². The first-order valence-corrected chi connectivity index (χ1v) is 13.7. The lowest BCUT2D eigenvalue weighted by atomic mass is 9.97. The Morgan fingerprint density at radius 3 is 2.17 bits per heavy atom. The zero-order valence-corrected chi connectivity index (χ0v) is 24.3. The molecule has 212 valence electrons. The standard InChI is InChI=1S/C34H33N5O3/c1-23-28(12-9-13-30(23)39(34(2,3)4)32(41)24-10-7-6-8-11-24)29-22-37(5)33(42)31(36-29)35-25-14-16-26(17-15-25)38-20-18-27(40)19-21-38/h6-22H,1-5H3,(H,35,36). The molecule has 5 rings (SSSR count). The fraction of sp³-hybridized carbons (Fsp3) is 0.176. The van der Waals surface area contributed by atoms with Crippen LogP contribution in [0.15, 0.2) is 113 Å². The first kappa shape index (κ1) is 28.3. The van der Waals surface area contributed by atoms with Crippen molar-refractivity contribution in [2.24, 2.45) is 7.05 Å². The molecule has 1 N–H and O–H groups in total. The molecule has 0 atom stereocenters. The summed E-state index contributed by atoms with van der Waals surface area (Å²) in [7, 11) is 1.69. The summed E-state index contributed by atoms with van der Waals surface area (Å²) >= 11 is 0. The number of benzene rings is 3. The van der Waals surface area contributed by atoms with Crippen LogP contribution in [0, 0.1) is 6.92 Å². The van der Waals surface area contributed by atoms with Gasteiger partial charge in [0.1, 0.15) is 0 Å². The summed E-state index contributed by atoms with van der Waals surface area (Å²) in [5.41, 5.74) is 4.41. The second kappa shape index (κ2) is 11.3. The largest absolute Gasteiger partial charge is 0.336 e. The van der Waals surface area contributed by atoms with Crippen LogP contribution in [0.1, 0.15) is 36.7 Å². The van der Waals surface area contributed by atoms with Crippen LogP contribution in [0.5, 0.6) is 0 Å². The van der Waals surface area contributed by atoms with E-state index in [9.17, 15) is 14.4 Å². The molecule has 0 bridgehead atoms. The van der Waals surface area contributed by atoms with Gasteiger partial charge in [0.25, 0.3) is 11.5 Å². The molecular weight excluding hydrogens is 526 g/mol. The zero-order chi connectivity index (χ0) is 30.0. The minimum atomic E-state index is -0.499. The fourth-order valence-corrected chi connectivity index (χ4v) is 4.88. The van der Waals surface area contributed by atoms with Gasteiger partial charge in [0.05, 0.1) is 5.69 Å². The van der Waals surface area contributed by atoms with Crippen LogP contribution in [0.3, 0.4) is 0 Å². The Labute approximate surface area is 244 Å². The quantitative estimate of drug-likeness (QED) is 0.272.